The average molecular weight is 288 g/mol. The largest absolute Gasteiger partial charge is 0.466 e. The van der Waals surface area contributed by atoms with Gasteiger partial charge in [0.05, 0.1) is 18.8 Å². The third kappa shape index (κ3) is 5.59. The monoisotopic (exact) mass is 288 g/mol. The van der Waals surface area contributed by atoms with Gasteiger partial charge in [-0.15, -0.1) is 0 Å². The maximum Gasteiger partial charge on any atom is 0.306 e. The van der Waals surface area contributed by atoms with E-state index in [-0.39, 0.29) is 24.6 Å². The van der Waals surface area contributed by atoms with Gasteiger partial charge in [0.25, 0.3) is 0 Å². The van der Waals surface area contributed by atoms with Crippen molar-refractivity contribution in [2.45, 2.75) is 37.4 Å². The number of hydrogen-bond donors (Lipinski definition) is 0. The Balaban J connectivity index is 2.22. The summed E-state index contributed by atoms with van der Waals surface area (Å²) in [6, 6.07) is 0. The number of ether oxygens (including phenoxy) is 1. The number of carbonyl (C=O) groups excluding carboxylic acids is 2. The minimum absolute atomic E-state index is 0.0290. The van der Waals surface area contributed by atoms with E-state index in [2.05, 4.69) is 9.36 Å². The van der Waals surface area contributed by atoms with Crippen LogP contribution in [0.5, 0.6) is 0 Å². The van der Waals surface area contributed by atoms with Crippen molar-refractivity contribution in [2.24, 2.45) is 0 Å². The van der Waals surface area contributed by atoms with Crippen molar-refractivity contribution in [3.05, 3.63) is 5.82 Å². The predicted octanol–water partition coefficient (Wildman–Crippen LogP) is 2.10. The summed E-state index contributed by atoms with van der Waals surface area (Å²) in [5.74, 6) is 0.848. The molecule has 0 unspecified atom stereocenters. The van der Waals surface area contributed by atoms with Gasteiger partial charge in [0.15, 0.2) is 4.34 Å². The number of thioether (sulfide) groups is 1. The summed E-state index contributed by atoms with van der Waals surface area (Å²) in [7, 11) is 0. The second-order valence-electron chi connectivity index (χ2n) is 3.46. The van der Waals surface area contributed by atoms with Crippen LogP contribution in [-0.2, 0) is 20.7 Å². The maximum atomic E-state index is 11.5. The molecule has 1 aromatic rings. The lowest BCUT2D eigenvalue weighted by atomic mass is 10.2. The fourth-order valence-electron chi connectivity index (χ4n) is 1.13. The van der Waals surface area contributed by atoms with Crippen molar-refractivity contribution in [3.63, 3.8) is 0 Å². The average Bonchev–Trinajstić information content (AvgIpc) is 2.82. The molecule has 0 spiro atoms. The molecule has 0 aliphatic rings. The number of rotatable bonds is 8. The highest BCUT2D eigenvalue weighted by molar-refractivity contribution is 8.01. The molecule has 100 valence electrons. The van der Waals surface area contributed by atoms with E-state index in [0.717, 1.165) is 16.6 Å². The number of carbonyl (C=O) groups is 2. The molecule has 0 aromatic carbocycles. The van der Waals surface area contributed by atoms with E-state index in [1.807, 2.05) is 6.92 Å². The van der Waals surface area contributed by atoms with Crippen LogP contribution in [0.15, 0.2) is 4.34 Å². The number of aryl methyl sites for hydroxylation is 1. The number of aromatic nitrogens is 2. The van der Waals surface area contributed by atoms with Crippen LogP contribution in [0, 0.1) is 0 Å². The first-order valence-electron chi connectivity index (χ1n) is 5.78. The summed E-state index contributed by atoms with van der Waals surface area (Å²) in [6.07, 6.45) is 1.18. The Morgan fingerprint density at radius 1 is 1.33 bits per heavy atom. The Labute approximate surface area is 114 Å². The van der Waals surface area contributed by atoms with Crippen molar-refractivity contribution in [2.75, 3.05) is 12.4 Å². The molecular formula is C11H16N2O3S2. The molecule has 0 atom stereocenters. The lowest BCUT2D eigenvalue weighted by Crippen LogP contribution is -2.08. The first-order chi connectivity index (χ1) is 8.65. The van der Waals surface area contributed by atoms with Gasteiger partial charge in [-0.25, -0.2) is 4.98 Å². The molecule has 0 saturated heterocycles. The Morgan fingerprint density at radius 3 is 2.72 bits per heavy atom. The van der Waals surface area contributed by atoms with Crippen LogP contribution >= 0.6 is 23.3 Å². The van der Waals surface area contributed by atoms with Crippen molar-refractivity contribution >= 4 is 35.0 Å². The summed E-state index contributed by atoms with van der Waals surface area (Å²) < 4.78 is 9.69. The molecule has 0 aliphatic carbocycles. The smallest absolute Gasteiger partial charge is 0.306 e. The molecule has 0 radical (unpaired) electrons. The Bertz CT molecular complexity index is 407. The highest BCUT2D eigenvalue weighted by Crippen LogP contribution is 2.20. The van der Waals surface area contributed by atoms with Gasteiger partial charge in [-0.1, -0.05) is 18.7 Å². The Kier molecular flexibility index (Phi) is 6.89. The van der Waals surface area contributed by atoms with Crippen LogP contribution in [0.2, 0.25) is 0 Å². The molecule has 1 heterocycles. The molecule has 7 heteroatoms. The number of hydrogen-bond acceptors (Lipinski definition) is 7. The quantitative estimate of drug-likeness (QED) is 0.539. The zero-order valence-electron chi connectivity index (χ0n) is 10.5. The van der Waals surface area contributed by atoms with Gasteiger partial charge in [0.1, 0.15) is 11.6 Å². The van der Waals surface area contributed by atoms with E-state index in [0.29, 0.717) is 12.4 Å². The predicted molar refractivity (Wildman–Crippen MR) is 70.9 cm³/mol. The molecule has 5 nitrogen and oxygen atoms in total. The van der Waals surface area contributed by atoms with Crippen LogP contribution in [0.3, 0.4) is 0 Å². The van der Waals surface area contributed by atoms with Gasteiger partial charge in [-0.3, -0.25) is 9.59 Å². The first kappa shape index (κ1) is 15.1. The van der Waals surface area contributed by atoms with Gasteiger partial charge in [0.2, 0.25) is 0 Å². The van der Waals surface area contributed by atoms with Crippen molar-refractivity contribution in [3.8, 4) is 0 Å². The molecule has 0 bridgehead atoms. The third-order valence-electron chi connectivity index (χ3n) is 2.04. The van der Waals surface area contributed by atoms with E-state index >= 15 is 0 Å². The summed E-state index contributed by atoms with van der Waals surface area (Å²) in [4.78, 5) is 26.8. The second-order valence-corrected chi connectivity index (χ2v) is 5.44. The Morgan fingerprint density at radius 2 is 2.11 bits per heavy atom. The molecule has 1 rings (SSSR count). The highest BCUT2D eigenvalue weighted by Gasteiger charge is 2.10. The Hall–Kier alpha value is -0.950. The van der Waals surface area contributed by atoms with Gasteiger partial charge in [-0.05, 0) is 18.5 Å². The van der Waals surface area contributed by atoms with E-state index in [1.54, 1.807) is 6.92 Å². The minimum atomic E-state index is -0.319. The molecule has 18 heavy (non-hydrogen) atoms. The van der Waals surface area contributed by atoms with Crippen molar-refractivity contribution in [1.82, 2.24) is 9.36 Å². The first-order valence-corrected chi connectivity index (χ1v) is 7.54. The van der Waals surface area contributed by atoms with Gasteiger partial charge in [-0.2, -0.15) is 4.37 Å². The van der Waals surface area contributed by atoms with Crippen LogP contribution in [0.25, 0.3) is 0 Å². The lowest BCUT2D eigenvalue weighted by Gasteiger charge is -2.00. The SMILES string of the molecule is CCOC(=O)CCC(=O)CSc1nc(CC)ns1. The van der Waals surface area contributed by atoms with Gasteiger partial charge in [0, 0.05) is 12.8 Å². The minimum Gasteiger partial charge on any atom is -0.466 e. The standard InChI is InChI=1S/C11H16N2O3S2/c1-3-9-12-11(18-13-9)17-7-8(14)5-6-10(15)16-4-2/h3-7H2,1-2H3. The number of ketones is 1. The fraction of sp³-hybridized carbons (Fsp3) is 0.636. The highest BCUT2D eigenvalue weighted by atomic mass is 32.2. The maximum absolute atomic E-state index is 11.5. The van der Waals surface area contributed by atoms with Crippen molar-refractivity contribution < 1.29 is 14.3 Å². The lowest BCUT2D eigenvalue weighted by molar-refractivity contribution is -0.144. The van der Waals surface area contributed by atoms with E-state index in [1.165, 1.54) is 23.3 Å². The van der Waals surface area contributed by atoms with Crippen LogP contribution in [0.1, 0.15) is 32.5 Å². The van der Waals surface area contributed by atoms with Crippen LogP contribution in [0.4, 0.5) is 0 Å². The van der Waals surface area contributed by atoms with E-state index in [9.17, 15) is 9.59 Å². The van der Waals surface area contributed by atoms with Crippen LogP contribution in [-0.4, -0.2) is 33.5 Å². The van der Waals surface area contributed by atoms with E-state index in [4.69, 9.17) is 4.74 Å². The number of nitrogens with zero attached hydrogens (tertiary/aromatic N) is 2. The zero-order valence-corrected chi connectivity index (χ0v) is 12.1. The van der Waals surface area contributed by atoms with Crippen molar-refractivity contribution in [1.29, 1.82) is 0 Å². The normalized spacial score (nSPS) is 10.3. The fourth-order valence-corrected chi connectivity index (χ4v) is 2.73. The summed E-state index contributed by atoms with van der Waals surface area (Å²) in [5, 5.41) is 0. The van der Waals surface area contributed by atoms with Gasteiger partial charge < -0.3 is 4.74 Å². The topological polar surface area (TPSA) is 69.2 Å². The summed E-state index contributed by atoms with van der Waals surface area (Å²) in [6.45, 7) is 4.09. The molecule has 0 amide bonds. The molecular weight excluding hydrogens is 272 g/mol. The number of Topliss-reactive ketones (excluding diaryl/α,β-unsaturated/α-hetero) is 1. The molecule has 1 aromatic heterocycles. The zero-order chi connectivity index (χ0) is 13.4. The second kappa shape index (κ2) is 8.20. The number of esters is 1. The molecule has 0 saturated carbocycles. The summed E-state index contributed by atoms with van der Waals surface area (Å²) >= 11 is 2.68. The molecule has 0 N–H and O–H groups in total. The third-order valence-corrected chi connectivity index (χ3v) is 3.97. The molecule has 0 fully saturated rings. The van der Waals surface area contributed by atoms with E-state index < -0.39 is 0 Å². The molecule has 0 aliphatic heterocycles. The van der Waals surface area contributed by atoms with Crippen LogP contribution < -0.4 is 0 Å². The van der Waals surface area contributed by atoms with Gasteiger partial charge >= 0.3 is 5.97 Å². The summed E-state index contributed by atoms with van der Waals surface area (Å²) in [5.41, 5.74) is 0.